The Morgan fingerprint density at radius 1 is 1.33 bits per heavy atom. The van der Waals surface area contributed by atoms with Gasteiger partial charge in [-0.1, -0.05) is 13.0 Å². The zero-order valence-electron chi connectivity index (χ0n) is 14.3. The van der Waals surface area contributed by atoms with Crippen LogP contribution in [0, 0.1) is 0 Å². The first-order chi connectivity index (χ1) is 11.6. The van der Waals surface area contributed by atoms with Crippen LogP contribution in [-0.2, 0) is 11.2 Å². The lowest BCUT2D eigenvalue weighted by Gasteiger charge is -2.10. The molecule has 6 heteroatoms. The third kappa shape index (κ3) is 4.58. The molecule has 1 N–H and O–H groups in total. The predicted molar refractivity (Wildman–Crippen MR) is 96.6 cm³/mol. The van der Waals surface area contributed by atoms with Crippen LogP contribution in [0.25, 0.3) is 6.08 Å². The summed E-state index contributed by atoms with van der Waals surface area (Å²) in [6.45, 7) is 3.99. The minimum atomic E-state index is -0.164. The summed E-state index contributed by atoms with van der Waals surface area (Å²) in [5.74, 6) is 1.12. The van der Waals surface area contributed by atoms with Crippen molar-refractivity contribution < 1.29 is 14.3 Å². The summed E-state index contributed by atoms with van der Waals surface area (Å²) in [6.07, 6.45) is 4.15. The van der Waals surface area contributed by atoms with Gasteiger partial charge in [-0.15, -0.1) is 11.3 Å². The molecule has 1 atom stereocenters. The molecule has 0 spiro atoms. The molecule has 0 saturated heterocycles. The molecule has 2 rings (SSSR count). The van der Waals surface area contributed by atoms with Gasteiger partial charge >= 0.3 is 0 Å². The number of ether oxygens (including phenoxy) is 2. The molecule has 1 amide bonds. The van der Waals surface area contributed by atoms with E-state index in [4.69, 9.17) is 9.47 Å². The molecule has 5 nitrogen and oxygen atoms in total. The highest BCUT2D eigenvalue weighted by Gasteiger charge is 2.11. The highest BCUT2D eigenvalue weighted by atomic mass is 32.1. The Balaban J connectivity index is 1.99. The summed E-state index contributed by atoms with van der Waals surface area (Å²) < 4.78 is 10.4. The number of aryl methyl sites for hydroxylation is 1. The lowest BCUT2D eigenvalue weighted by Crippen LogP contribution is -2.24. The SMILES string of the molecule is CCc1nc(C(C)NC(=O)/C=C/c2ccc(OC)c(OC)c2)cs1. The number of benzene rings is 1. The lowest BCUT2D eigenvalue weighted by molar-refractivity contribution is -0.117. The van der Waals surface area contributed by atoms with Gasteiger partial charge in [-0.05, 0) is 37.1 Å². The van der Waals surface area contributed by atoms with Crippen LogP contribution >= 0.6 is 11.3 Å². The fourth-order valence-electron chi connectivity index (χ4n) is 2.15. The smallest absolute Gasteiger partial charge is 0.244 e. The van der Waals surface area contributed by atoms with Crippen molar-refractivity contribution in [2.75, 3.05) is 14.2 Å². The van der Waals surface area contributed by atoms with Gasteiger partial charge in [0, 0.05) is 11.5 Å². The van der Waals surface area contributed by atoms with Gasteiger partial charge in [-0.2, -0.15) is 0 Å². The van der Waals surface area contributed by atoms with E-state index in [-0.39, 0.29) is 11.9 Å². The van der Waals surface area contributed by atoms with Crippen LogP contribution in [0.2, 0.25) is 0 Å². The first kappa shape index (κ1) is 18.0. The number of aromatic nitrogens is 1. The van der Waals surface area contributed by atoms with Crippen molar-refractivity contribution in [3.8, 4) is 11.5 Å². The van der Waals surface area contributed by atoms with Crippen molar-refractivity contribution >= 4 is 23.3 Å². The van der Waals surface area contributed by atoms with Crippen LogP contribution in [0.4, 0.5) is 0 Å². The number of nitrogens with one attached hydrogen (secondary N) is 1. The summed E-state index contributed by atoms with van der Waals surface area (Å²) >= 11 is 1.62. The zero-order chi connectivity index (χ0) is 17.5. The Morgan fingerprint density at radius 3 is 2.71 bits per heavy atom. The van der Waals surface area contributed by atoms with Crippen molar-refractivity contribution in [2.45, 2.75) is 26.3 Å². The average molecular weight is 346 g/mol. The number of thiazole rings is 1. The molecule has 0 aliphatic rings. The largest absolute Gasteiger partial charge is 0.493 e. The van der Waals surface area contributed by atoms with Crippen LogP contribution in [0.3, 0.4) is 0 Å². The zero-order valence-corrected chi connectivity index (χ0v) is 15.1. The number of carbonyl (C=O) groups excluding carboxylic acids is 1. The van der Waals surface area contributed by atoms with Crippen molar-refractivity contribution in [3.63, 3.8) is 0 Å². The van der Waals surface area contributed by atoms with E-state index >= 15 is 0 Å². The van der Waals surface area contributed by atoms with E-state index in [0.717, 1.165) is 22.7 Å². The Morgan fingerprint density at radius 2 is 2.08 bits per heavy atom. The van der Waals surface area contributed by atoms with Gasteiger partial charge in [0.15, 0.2) is 11.5 Å². The molecular formula is C18H22N2O3S. The van der Waals surface area contributed by atoms with E-state index in [9.17, 15) is 4.79 Å². The number of nitrogens with zero attached hydrogens (tertiary/aromatic N) is 1. The molecule has 128 valence electrons. The Kier molecular flexibility index (Phi) is 6.37. The van der Waals surface area contributed by atoms with E-state index in [1.54, 1.807) is 37.7 Å². The Labute approximate surface area is 146 Å². The standard InChI is InChI=1S/C18H22N2O3S/c1-5-18-20-14(11-24-18)12(2)19-17(21)9-7-13-6-8-15(22-3)16(10-13)23-4/h6-12H,5H2,1-4H3,(H,19,21)/b9-7+. The van der Waals surface area contributed by atoms with Crippen molar-refractivity contribution in [1.29, 1.82) is 0 Å². The fraction of sp³-hybridized carbons (Fsp3) is 0.333. The third-order valence-corrected chi connectivity index (χ3v) is 4.52. The van der Waals surface area contributed by atoms with Gasteiger partial charge in [0.25, 0.3) is 0 Å². The van der Waals surface area contributed by atoms with Gasteiger partial charge in [0.2, 0.25) is 5.91 Å². The second-order valence-corrected chi connectivity index (χ2v) is 6.14. The van der Waals surface area contributed by atoms with Crippen molar-refractivity contribution in [3.05, 3.63) is 45.9 Å². The number of methoxy groups -OCH3 is 2. The van der Waals surface area contributed by atoms with E-state index in [1.165, 1.54) is 6.08 Å². The van der Waals surface area contributed by atoms with E-state index in [1.807, 2.05) is 24.4 Å². The minimum absolute atomic E-state index is 0.121. The molecule has 1 aromatic heterocycles. The molecule has 0 radical (unpaired) electrons. The van der Waals surface area contributed by atoms with Gasteiger partial charge in [-0.3, -0.25) is 4.79 Å². The molecule has 1 heterocycles. The van der Waals surface area contributed by atoms with Crippen molar-refractivity contribution in [1.82, 2.24) is 10.3 Å². The molecule has 24 heavy (non-hydrogen) atoms. The predicted octanol–water partition coefficient (Wildman–Crippen LogP) is 3.61. The van der Waals surface area contributed by atoms with E-state index < -0.39 is 0 Å². The van der Waals surface area contributed by atoms with Gasteiger partial charge < -0.3 is 14.8 Å². The van der Waals surface area contributed by atoms with Gasteiger partial charge in [0.05, 0.1) is 31.0 Å². The van der Waals surface area contributed by atoms with Crippen molar-refractivity contribution in [2.24, 2.45) is 0 Å². The summed E-state index contributed by atoms with van der Waals surface area (Å²) in [6, 6.07) is 5.37. The molecule has 0 aliphatic heterocycles. The summed E-state index contributed by atoms with van der Waals surface area (Å²) in [5, 5.41) is 5.98. The quantitative estimate of drug-likeness (QED) is 0.778. The maximum Gasteiger partial charge on any atom is 0.244 e. The first-order valence-electron chi connectivity index (χ1n) is 7.72. The lowest BCUT2D eigenvalue weighted by atomic mass is 10.2. The van der Waals surface area contributed by atoms with Crippen LogP contribution in [-0.4, -0.2) is 25.1 Å². The topological polar surface area (TPSA) is 60.5 Å². The van der Waals surface area contributed by atoms with Crippen LogP contribution in [0.15, 0.2) is 29.7 Å². The molecule has 2 aromatic rings. The second-order valence-electron chi connectivity index (χ2n) is 5.20. The van der Waals surface area contributed by atoms with Gasteiger partial charge in [0.1, 0.15) is 0 Å². The molecule has 0 saturated carbocycles. The monoisotopic (exact) mass is 346 g/mol. The average Bonchev–Trinajstić information content (AvgIpc) is 3.09. The van der Waals surface area contributed by atoms with E-state index in [0.29, 0.717) is 11.5 Å². The summed E-state index contributed by atoms with van der Waals surface area (Å²) in [7, 11) is 3.17. The highest BCUT2D eigenvalue weighted by molar-refractivity contribution is 7.09. The number of rotatable bonds is 7. The molecule has 0 fully saturated rings. The minimum Gasteiger partial charge on any atom is -0.493 e. The molecule has 1 aromatic carbocycles. The summed E-state index contributed by atoms with van der Waals surface area (Å²) in [5.41, 5.74) is 1.75. The van der Waals surface area contributed by atoms with Gasteiger partial charge in [-0.25, -0.2) is 4.98 Å². The molecule has 1 unspecified atom stereocenters. The summed E-state index contributed by atoms with van der Waals surface area (Å²) in [4.78, 5) is 16.6. The van der Waals surface area contributed by atoms with Crippen LogP contribution in [0.1, 0.15) is 36.2 Å². The highest BCUT2D eigenvalue weighted by Crippen LogP contribution is 2.28. The number of carbonyl (C=O) groups is 1. The van der Waals surface area contributed by atoms with Crippen LogP contribution < -0.4 is 14.8 Å². The fourth-order valence-corrected chi connectivity index (χ4v) is 2.99. The number of amides is 1. The maximum atomic E-state index is 12.1. The number of hydrogen-bond acceptors (Lipinski definition) is 5. The second kappa shape index (κ2) is 8.49. The molecule has 0 bridgehead atoms. The number of hydrogen-bond donors (Lipinski definition) is 1. The maximum absolute atomic E-state index is 12.1. The van der Waals surface area contributed by atoms with Crippen LogP contribution in [0.5, 0.6) is 11.5 Å². The first-order valence-corrected chi connectivity index (χ1v) is 8.60. The molecule has 0 aliphatic carbocycles. The normalized spacial score (nSPS) is 12.2. The van der Waals surface area contributed by atoms with E-state index in [2.05, 4.69) is 17.2 Å². The Bertz CT molecular complexity index is 725. The molecular weight excluding hydrogens is 324 g/mol. The third-order valence-electron chi connectivity index (χ3n) is 3.51. The Hall–Kier alpha value is -2.34.